The van der Waals surface area contributed by atoms with Crippen LogP contribution in [0.1, 0.15) is 6.92 Å². The zero-order chi connectivity index (χ0) is 16.0. The quantitative estimate of drug-likeness (QED) is 0.752. The number of methoxy groups -OCH3 is 1. The van der Waals surface area contributed by atoms with Gasteiger partial charge in [-0.25, -0.2) is 0 Å². The molecule has 1 rings (SSSR count). The molecule has 0 bridgehead atoms. The molecule has 0 fully saturated rings. The Morgan fingerprint density at radius 3 is 2.52 bits per heavy atom. The average Bonchev–Trinajstić information content (AvgIpc) is 2.46. The lowest BCUT2D eigenvalue weighted by molar-refractivity contribution is -0.886. The molecule has 2 atom stereocenters. The minimum Gasteiger partial charge on any atom is -0.495 e. The van der Waals surface area contributed by atoms with Crippen molar-refractivity contribution in [2.45, 2.75) is 13.0 Å². The van der Waals surface area contributed by atoms with Crippen LogP contribution in [0.3, 0.4) is 0 Å². The first kappa shape index (κ1) is 17.0. The highest BCUT2D eigenvalue weighted by molar-refractivity contribution is 5.95. The Hall–Kier alpha value is -2.08. The van der Waals surface area contributed by atoms with Crippen LogP contribution in [0.25, 0.3) is 0 Å². The monoisotopic (exact) mass is 294 g/mol. The molecule has 2 N–H and O–H groups in total. The summed E-state index contributed by atoms with van der Waals surface area (Å²) >= 11 is 0. The van der Waals surface area contributed by atoms with E-state index >= 15 is 0 Å². The Balaban J connectivity index is 2.68. The standard InChI is InChI=1S/C15H23N3O3/c1-11(18(4)10-14(19)17(2)3)15(20)16-12-8-6-7-9-13(12)21-5/h6-9,11H,10H2,1-5H3,(H,16,20)/p+1/t11-/m1/s1. The second-order valence-electron chi connectivity index (χ2n) is 5.22. The molecule has 6 nitrogen and oxygen atoms in total. The number of nitrogens with one attached hydrogen (secondary N) is 2. The first-order valence-corrected chi connectivity index (χ1v) is 6.83. The van der Waals surface area contributed by atoms with Crippen molar-refractivity contribution in [3.8, 4) is 5.75 Å². The van der Waals surface area contributed by atoms with E-state index in [2.05, 4.69) is 5.32 Å². The third-order valence-electron chi connectivity index (χ3n) is 3.43. The number of hydrogen-bond acceptors (Lipinski definition) is 3. The third kappa shape index (κ3) is 4.75. The van der Waals surface area contributed by atoms with Crippen LogP contribution >= 0.6 is 0 Å². The summed E-state index contributed by atoms with van der Waals surface area (Å²) < 4.78 is 5.20. The topological polar surface area (TPSA) is 63.1 Å². The molecule has 1 aromatic carbocycles. The largest absolute Gasteiger partial charge is 0.495 e. The SMILES string of the molecule is COc1ccccc1NC(=O)[C@@H](C)[NH+](C)CC(=O)N(C)C. The lowest BCUT2D eigenvalue weighted by Crippen LogP contribution is -3.15. The van der Waals surface area contributed by atoms with Crippen LogP contribution in [0.4, 0.5) is 5.69 Å². The number of carbonyl (C=O) groups is 2. The van der Waals surface area contributed by atoms with E-state index in [1.807, 2.05) is 19.2 Å². The predicted octanol–water partition coefficient (Wildman–Crippen LogP) is -0.375. The minimum absolute atomic E-state index is 0.00978. The zero-order valence-corrected chi connectivity index (χ0v) is 13.3. The molecule has 0 spiro atoms. The summed E-state index contributed by atoms with van der Waals surface area (Å²) in [5.41, 5.74) is 0.628. The summed E-state index contributed by atoms with van der Waals surface area (Å²) in [4.78, 5) is 26.3. The fourth-order valence-corrected chi connectivity index (χ4v) is 1.76. The van der Waals surface area contributed by atoms with Gasteiger partial charge in [-0.15, -0.1) is 0 Å². The van der Waals surface area contributed by atoms with Crippen molar-refractivity contribution in [1.82, 2.24) is 4.90 Å². The van der Waals surface area contributed by atoms with E-state index in [0.29, 0.717) is 11.4 Å². The summed E-state index contributed by atoms with van der Waals surface area (Å²) in [5.74, 6) is 0.452. The molecular weight excluding hydrogens is 270 g/mol. The maximum Gasteiger partial charge on any atom is 0.282 e. The summed E-state index contributed by atoms with van der Waals surface area (Å²) in [7, 11) is 6.79. The zero-order valence-electron chi connectivity index (χ0n) is 13.3. The Labute approximate surface area is 125 Å². The number of hydrogen-bond donors (Lipinski definition) is 2. The molecule has 2 amide bonds. The Kier molecular flexibility index (Phi) is 6.17. The second kappa shape index (κ2) is 7.64. The van der Waals surface area contributed by atoms with Gasteiger partial charge < -0.3 is 19.9 Å². The normalized spacial score (nSPS) is 13.2. The van der Waals surface area contributed by atoms with Gasteiger partial charge in [0.2, 0.25) is 0 Å². The van der Waals surface area contributed by atoms with Gasteiger partial charge in [-0.2, -0.15) is 0 Å². The number of para-hydroxylation sites is 2. The van der Waals surface area contributed by atoms with Crippen LogP contribution in [0.15, 0.2) is 24.3 Å². The highest BCUT2D eigenvalue weighted by Gasteiger charge is 2.25. The van der Waals surface area contributed by atoms with Crippen LogP contribution < -0.4 is 15.0 Å². The van der Waals surface area contributed by atoms with Gasteiger partial charge in [0.1, 0.15) is 5.75 Å². The molecule has 0 aromatic heterocycles. The van der Waals surface area contributed by atoms with Gasteiger partial charge in [-0.05, 0) is 19.1 Å². The molecule has 0 saturated heterocycles. The second-order valence-corrected chi connectivity index (χ2v) is 5.22. The van der Waals surface area contributed by atoms with Crippen LogP contribution in [0.5, 0.6) is 5.75 Å². The van der Waals surface area contributed by atoms with Crippen molar-refractivity contribution in [1.29, 1.82) is 0 Å². The third-order valence-corrected chi connectivity index (χ3v) is 3.43. The van der Waals surface area contributed by atoms with Crippen LogP contribution in [0.2, 0.25) is 0 Å². The van der Waals surface area contributed by atoms with Gasteiger partial charge in [-0.1, -0.05) is 12.1 Å². The number of carbonyl (C=O) groups excluding carboxylic acids is 2. The molecule has 0 aliphatic carbocycles. The van der Waals surface area contributed by atoms with Gasteiger partial charge in [-0.3, -0.25) is 9.59 Å². The number of amides is 2. The van der Waals surface area contributed by atoms with Crippen molar-refractivity contribution in [2.75, 3.05) is 40.1 Å². The number of anilines is 1. The lowest BCUT2D eigenvalue weighted by atomic mass is 10.2. The molecular formula is C15H24N3O3+. The van der Waals surface area contributed by atoms with Gasteiger partial charge in [0.15, 0.2) is 12.6 Å². The molecule has 6 heteroatoms. The summed E-state index contributed by atoms with van der Waals surface area (Å²) in [6.45, 7) is 2.07. The number of quaternary nitrogens is 1. The van der Waals surface area contributed by atoms with Crippen molar-refractivity contribution >= 4 is 17.5 Å². The van der Waals surface area contributed by atoms with E-state index in [9.17, 15) is 9.59 Å². The minimum atomic E-state index is -0.348. The smallest absolute Gasteiger partial charge is 0.282 e. The maximum absolute atomic E-state index is 12.3. The van der Waals surface area contributed by atoms with E-state index in [0.717, 1.165) is 4.90 Å². The molecule has 21 heavy (non-hydrogen) atoms. The fraction of sp³-hybridized carbons (Fsp3) is 0.467. The highest BCUT2D eigenvalue weighted by atomic mass is 16.5. The number of benzene rings is 1. The molecule has 1 aromatic rings. The Morgan fingerprint density at radius 2 is 1.95 bits per heavy atom. The Morgan fingerprint density at radius 1 is 1.33 bits per heavy atom. The lowest BCUT2D eigenvalue weighted by Gasteiger charge is -2.22. The Bertz CT molecular complexity index is 503. The average molecular weight is 294 g/mol. The highest BCUT2D eigenvalue weighted by Crippen LogP contribution is 2.22. The van der Waals surface area contributed by atoms with E-state index in [4.69, 9.17) is 4.74 Å². The molecule has 0 aliphatic rings. The van der Waals surface area contributed by atoms with E-state index in [1.54, 1.807) is 40.3 Å². The summed E-state index contributed by atoms with van der Waals surface area (Å²) in [6, 6.07) is 6.88. The van der Waals surface area contributed by atoms with Crippen molar-refractivity contribution in [3.05, 3.63) is 24.3 Å². The summed E-state index contributed by atoms with van der Waals surface area (Å²) in [5, 5.41) is 2.83. The van der Waals surface area contributed by atoms with E-state index in [1.165, 1.54) is 4.90 Å². The first-order chi connectivity index (χ1) is 9.86. The first-order valence-electron chi connectivity index (χ1n) is 6.83. The summed E-state index contributed by atoms with van der Waals surface area (Å²) in [6.07, 6.45) is 0. The molecule has 0 saturated carbocycles. The van der Waals surface area contributed by atoms with Crippen molar-refractivity contribution in [3.63, 3.8) is 0 Å². The van der Waals surface area contributed by atoms with Gasteiger partial charge in [0.25, 0.3) is 11.8 Å². The van der Waals surface area contributed by atoms with Crippen molar-refractivity contribution < 1.29 is 19.2 Å². The maximum atomic E-state index is 12.3. The molecule has 1 unspecified atom stereocenters. The van der Waals surface area contributed by atoms with Gasteiger partial charge in [0, 0.05) is 14.1 Å². The number of nitrogens with zero attached hydrogens (tertiary/aromatic N) is 1. The van der Waals surface area contributed by atoms with Crippen molar-refractivity contribution in [2.24, 2.45) is 0 Å². The van der Waals surface area contributed by atoms with Crippen LogP contribution in [0, 0.1) is 0 Å². The molecule has 0 radical (unpaired) electrons. The molecule has 0 aliphatic heterocycles. The van der Waals surface area contributed by atoms with Crippen LogP contribution in [-0.2, 0) is 9.59 Å². The molecule has 0 heterocycles. The number of likely N-dealkylation sites (N-methyl/N-ethyl adjacent to an activating group) is 2. The number of ether oxygens (including phenoxy) is 1. The fourth-order valence-electron chi connectivity index (χ4n) is 1.76. The predicted molar refractivity (Wildman–Crippen MR) is 81.5 cm³/mol. The van der Waals surface area contributed by atoms with Gasteiger partial charge >= 0.3 is 0 Å². The van der Waals surface area contributed by atoms with E-state index in [-0.39, 0.29) is 24.4 Å². The van der Waals surface area contributed by atoms with E-state index < -0.39 is 0 Å². The molecule has 116 valence electrons. The van der Waals surface area contributed by atoms with Gasteiger partial charge in [0.05, 0.1) is 19.8 Å². The number of rotatable bonds is 6. The van der Waals surface area contributed by atoms with Crippen LogP contribution in [-0.4, -0.2) is 57.6 Å².